The average Bonchev–Trinajstić information content (AvgIpc) is 2.53. The minimum Gasteiger partial charge on any atom is -0.496 e. The molecule has 3 rings (SSSR count). The molecule has 1 aliphatic rings. The zero-order chi connectivity index (χ0) is 13.9. The lowest BCUT2D eigenvalue weighted by Crippen LogP contribution is -2.15. The molecule has 0 N–H and O–H groups in total. The molecular formula is C17H14O3. The first-order chi connectivity index (χ1) is 9.81. The highest BCUT2D eigenvalue weighted by molar-refractivity contribution is 5.74. The molecule has 0 aromatic heterocycles. The number of ether oxygens (including phenoxy) is 3. The van der Waals surface area contributed by atoms with Gasteiger partial charge in [0, 0.05) is 11.1 Å². The van der Waals surface area contributed by atoms with Crippen molar-refractivity contribution in [2.75, 3.05) is 20.3 Å². The van der Waals surface area contributed by atoms with E-state index in [2.05, 4.69) is 5.92 Å². The van der Waals surface area contributed by atoms with Gasteiger partial charge in [-0.1, -0.05) is 12.0 Å². The van der Waals surface area contributed by atoms with Gasteiger partial charge in [-0.05, 0) is 35.9 Å². The third kappa shape index (κ3) is 2.17. The first kappa shape index (κ1) is 12.4. The summed E-state index contributed by atoms with van der Waals surface area (Å²) in [7, 11) is 1.65. The van der Waals surface area contributed by atoms with Crippen LogP contribution in [0.3, 0.4) is 0 Å². The molecule has 100 valence electrons. The Bertz CT molecular complexity index is 683. The molecule has 3 heteroatoms. The Kier molecular flexibility index (Phi) is 3.22. The summed E-state index contributed by atoms with van der Waals surface area (Å²) in [6, 6.07) is 11.5. The van der Waals surface area contributed by atoms with Gasteiger partial charge >= 0.3 is 0 Å². The fraction of sp³-hybridized carbons (Fsp3) is 0.176. The Labute approximate surface area is 118 Å². The monoisotopic (exact) mass is 266 g/mol. The van der Waals surface area contributed by atoms with Crippen molar-refractivity contribution in [2.24, 2.45) is 0 Å². The van der Waals surface area contributed by atoms with Crippen LogP contribution in [0.2, 0.25) is 0 Å². The summed E-state index contributed by atoms with van der Waals surface area (Å²) in [6.07, 6.45) is 5.46. The summed E-state index contributed by atoms with van der Waals surface area (Å²) in [6.45, 7) is 1.15. The summed E-state index contributed by atoms with van der Waals surface area (Å²) in [5.41, 5.74) is 2.75. The molecule has 0 saturated heterocycles. The summed E-state index contributed by atoms with van der Waals surface area (Å²) < 4.78 is 16.5. The van der Waals surface area contributed by atoms with Crippen LogP contribution in [0.5, 0.6) is 17.2 Å². The second-order valence-corrected chi connectivity index (χ2v) is 4.42. The maximum Gasteiger partial charge on any atom is 0.161 e. The molecular weight excluding hydrogens is 252 g/mol. The van der Waals surface area contributed by atoms with Gasteiger partial charge in [0.15, 0.2) is 11.5 Å². The first-order valence-corrected chi connectivity index (χ1v) is 6.36. The maximum absolute atomic E-state index is 5.61. The van der Waals surface area contributed by atoms with Crippen LogP contribution in [-0.2, 0) is 0 Å². The Hall–Kier alpha value is -2.60. The minimum atomic E-state index is 0.567. The van der Waals surface area contributed by atoms with Crippen LogP contribution in [0.1, 0.15) is 5.56 Å². The third-order valence-electron chi connectivity index (χ3n) is 3.22. The van der Waals surface area contributed by atoms with Crippen molar-refractivity contribution >= 4 is 0 Å². The Balaban J connectivity index is 2.10. The number of methoxy groups -OCH3 is 1. The molecule has 0 aliphatic carbocycles. The molecule has 0 bridgehead atoms. The van der Waals surface area contributed by atoms with Gasteiger partial charge in [0.2, 0.25) is 0 Å². The number of fused-ring (bicyclic) bond motifs is 1. The number of benzene rings is 2. The SMILES string of the molecule is C#Cc1ccc(OC)c(-c2ccc3c(c2)OCCO3)c1. The van der Waals surface area contributed by atoms with Crippen molar-refractivity contribution in [2.45, 2.75) is 0 Å². The van der Waals surface area contributed by atoms with Gasteiger partial charge in [0.05, 0.1) is 7.11 Å². The fourth-order valence-electron chi connectivity index (χ4n) is 2.23. The topological polar surface area (TPSA) is 27.7 Å². The number of hydrogen-bond donors (Lipinski definition) is 0. The molecule has 0 fully saturated rings. The van der Waals surface area contributed by atoms with E-state index >= 15 is 0 Å². The maximum atomic E-state index is 5.61. The predicted octanol–water partition coefficient (Wildman–Crippen LogP) is 3.11. The van der Waals surface area contributed by atoms with Gasteiger partial charge in [-0.25, -0.2) is 0 Å². The lowest BCUT2D eigenvalue weighted by Gasteiger charge is -2.19. The molecule has 0 unspecified atom stereocenters. The normalized spacial score (nSPS) is 12.6. The van der Waals surface area contributed by atoms with E-state index < -0.39 is 0 Å². The van der Waals surface area contributed by atoms with E-state index in [4.69, 9.17) is 20.6 Å². The first-order valence-electron chi connectivity index (χ1n) is 6.36. The highest BCUT2D eigenvalue weighted by Gasteiger charge is 2.14. The highest BCUT2D eigenvalue weighted by atomic mass is 16.6. The third-order valence-corrected chi connectivity index (χ3v) is 3.22. The van der Waals surface area contributed by atoms with Crippen molar-refractivity contribution in [1.82, 2.24) is 0 Å². The van der Waals surface area contributed by atoms with E-state index in [0.29, 0.717) is 13.2 Å². The molecule has 0 spiro atoms. The second kappa shape index (κ2) is 5.18. The van der Waals surface area contributed by atoms with Crippen molar-refractivity contribution in [3.8, 4) is 40.7 Å². The van der Waals surface area contributed by atoms with E-state index in [0.717, 1.165) is 33.9 Å². The Morgan fingerprint density at radius 1 is 1.05 bits per heavy atom. The summed E-state index contributed by atoms with van der Waals surface area (Å²) in [5.74, 6) is 4.94. The Morgan fingerprint density at radius 3 is 2.60 bits per heavy atom. The van der Waals surface area contributed by atoms with Crippen LogP contribution in [0.4, 0.5) is 0 Å². The van der Waals surface area contributed by atoms with Crippen LogP contribution >= 0.6 is 0 Å². The van der Waals surface area contributed by atoms with E-state index in [9.17, 15) is 0 Å². The van der Waals surface area contributed by atoms with Crippen LogP contribution < -0.4 is 14.2 Å². The van der Waals surface area contributed by atoms with Gasteiger partial charge in [0.1, 0.15) is 19.0 Å². The van der Waals surface area contributed by atoms with Crippen LogP contribution in [0.25, 0.3) is 11.1 Å². The van der Waals surface area contributed by atoms with Crippen LogP contribution in [0.15, 0.2) is 36.4 Å². The minimum absolute atomic E-state index is 0.567. The predicted molar refractivity (Wildman–Crippen MR) is 77.4 cm³/mol. The molecule has 20 heavy (non-hydrogen) atoms. The zero-order valence-corrected chi connectivity index (χ0v) is 11.2. The molecule has 0 amide bonds. The highest BCUT2D eigenvalue weighted by Crippen LogP contribution is 2.37. The zero-order valence-electron chi connectivity index (χ0n) is 11.2. The number of terminal acetylenes is 1. The van der Waals surface area contributed by atoms with E-state index in [1.807, 2.05) is 36.4 Å². The quantitative estimate of drug-likeness (QED) is 0.782. The lowest BCUT2D eigenvalue weighted by molar-refractivity contribution is 0.171. The largest absolute Gasteiger partial charge is 0.496 e. The van der Waals surface area contributed by atoms with Crippen LogP contribution in [0, 0.1) is 12.3 Å². The van der Waals surface area contributed by atoms with Gasteiger partial charge in [0.25, 0.3) is 0 Å². The fourth-order valence-corrected chi connectivity index (χ4v) is 2.23. The Morgan fingerprint density at radius 2 is 1.85 bits per heavy atom. The van der Waals surface area contributed by atoms with E-state index in [-0.39, 0.29) is 0 Å². The molecule has 0 saturated carbocycles. The molecule has 1 heterocycles. The lowest BCUT2D eigenvalue weighted by atomic mass is 10.0. The van der Waals surface area contributed by atoms with Gasteiger partial charge in [-0.15, -0.1) is 6.42 Å². The molecule has 2 aromatic carbocycles. The van der Waals surface area contributed by atoms with E-state index in [1.165, 1.54) is 0 Å². The molecule has 3 nitrogen and oxygen atoms in total. The van der Waals surface area contributed by atoms with Crippen molar-refractivity contribution in [3.63, 3.8) is 0 Å². The molecule has 1 aliphatic heterocycles. The molecule has 0 radical (unpaired) electrons. The molecule has 2 aromatic rings. The van der Waals surface area contributed by atoms with Crippen molar-refractivity contribution < 1.29 is 14.2 Å². The number of rotatable bonds is 2. The van der Waals surface area contributed by atoms with Crippen LogP contribution in [-0.4, -0.2) is 20.3 Å². The second-order valence-electron chi connectivity index (χ2n) is 4.42. The van der Waals surface area contributed by atoms with Gasteiger partial charge in [-0.2, -0.15) is 0 Å². The van der Waals surface area contributed by atoms with Gasteiger partial charge in [-0.3, -0.25) is 0 Å². The smallest absolute Gasteiger partial charge is 0.161 e. The van der Waals surface area contributed by atoms with Crippen molar-refractivity contribution in [3.05, 3.63) is 42.0 Å². The summed E-state index contributed by atoms with van der Waals surface area (Å²) in [4.78, 5) is 0. The molecule has 0 atom stereocenters. The average molecular weight is 266 g/mol. The standard InChI is InChI=1S/C17H14O3/c1-3-12-4-6-15(18-2)14(10-12)13-5-7-16-17(11-13)20-9-8-19-16/h1,4-7,10-11H,8-9H2,2H3. The van der Waals surface area contributed by atoms with Crippen molar-refractivity contribution in [1.29, 1.82) is 0 Å². The summed E-state index contributed by atoms with van der Waals surface area (Å²) >= 11 is 0. The summed E-state index contributed by atoms with van der Waals surface area (Å²) in [5, 5.41) is 0. The van der Waals surface area contributed by atoms with Gasteiger partial charge < -0.3 is 14.2 Å². The van der Waals surface area contributed by atoms with E-state index in [1.54, 1.807) is 7.11 Å². The number of hydrogen-bond acceptors (Lipinski definition) is 3.